The van der Waals surface area contributed by atoms with Gasteiger partial charge in [-0.1, -0.05) is 72.8 Å². The highest BCUT2D eigenvalue weighted by Gasteiger charge is 2.12. The average Bonchev–Trinajstić information content (AvgIpc) is 2.78. The van der Waals surface area contributed by atoms with E-state index < -0.39 is 0 Å². The van der Waals surface area contributed by atoms with Crippen molar-refractivity contribution in [3.63, 3.8) is 0 Å². The van der Waals surface area contributed by atoms with Crippen LogP contribution in [0, 0.1) is 0 Å². The van der Waals surface area contributed by atoms with Crippen molar-refractivity contribution in [2.75, 3.05) is 6.61 Å². The second kappa shape index (κ2) is 11.0. The zero-order valence-corrected chi connectivity index (χ0v) is 16.5. The van der Waals surface area contributed by atoms with Crippen molar-refractivity contribution in [1.82, 2.24) is 5.32 Å². The van der Waals surface area contributed by atoms with E-state index in [1.54, 1.807) is 0 Å². The first-order valence-corrected chi connectivity index (χ1v) is 9.93. The number of aliphatic hydroxyl groups is 1. The van der Waals surface area contributed by atoms with Crippen molar-refractivity contribution in [2.24, 2.45) is 0 Å². The largest absolute Gasteiger partial charge is 0.489 e. The number of carbonyl (C=O) groups is 1. The van der Waals surface area contributed by atoms with Crippen LogP contribution in [0.3, 0.4) is 0 Å². The molecule has 0 aliphatic heterocycles. The van der Waals surface area contributed by atoms with Gasteiger partial charge in [0.15, 0.2) is 0 Å². The number of carbonyl (C=O) groups excluding carboxylic acids is 1. The standard InChI is InChI=1S/C25H27NO3/c27-18-23(26-25(28)16-13-20-7-3-1-4-8-20)17-21-11-14-24(15-12-21)29-19-22-9-5-2-6-10-22/h1-12,14-15,23,27H,13,16-19H2,(H,26,28)/t23-/m0/s1. The van der Waals surface area contributed by atoms with Gasteiger partial charge in [-0.05, 0) is 41.7 Å². The van der Waals surface area contributed by atoms with Gasteiger partial charge >= 0.3 is 0 Å². The lowest BCUT2D eigenvalue weighted by Gasteiger charge is -2.17. The van der Waals surface area contributed by atoms with Crippen LogP contribution in [0.25, 0.3) is 0 Å². The summed E-state index contributed by atoms with van der Waals surface area (Å²) in [7, 11) is 0. The van der Waals surface area contributed by atoms with Crippen molar-refractivity contribution >= 4 is 5.91 Å². The number of ether oxygens (including phenoxy) is 1. The van der Waals surface area contributed by atoms with Crippen molar-refractivity contribution in [1.29, 1.82) is 0 Å². The molecular weight excluding hydrogens is 362 g/mol. The monoisotopic (exact) mass is 389 g/mol. The number of benzene rings is 3. The molecule has 0 saturated heterocycles. The molecule has 3 rings (SSSR count). The average molecular weight is 389 g/mol. The van der Waals surface area contributed by atoms with Gasteiger partial charge in [0, 0.05) is 6.42 Å². The summed E-state index contributed by atoms with van der Waals surface area (Å²) in [6.45, 7) is 0.431. The first-order valence-electron chi connectivity index (χ1n) is 9.93. The quantitative estimate of drug-likeness (QED) is 0.553. The Balaban J connectivity index is 1.45. The third kappa shape index (κ3) is 7.09. The predicted octanol–water partition coefficient (Wildman–Crippen LogP) is 3.92. The topological polar surface area (TPSA) is 58.6 Å². The molecule has 150 valence electrons. The summed E-state index contributed by atoms with van der Waals surface area (Å²) in [4.78, 5) is 12.2. The summed E-state index contributed by atoms with van der Waals surface area (Å²) >= 11 is 0. The van der Waals surface area contributed by atoms with E-state index in [1.807, 2.05) is 84.9 Å². The number of hydrogen-bond donors (Lipinski definition) is 2. The maximum absolute atomic E-state index is 12.2. The van der Waals surface area contributed by atoms with Crippen LogP contribution >= 0.6 is 0 Å². The molecule has 0 radical (unpaired) electrons. The number of rotatable bonds is 10. The number of aliphatic hydroxyl groups excluding tert-OH is 1. The minimum Gasteiger partial charge on any atom is -0.489 e. The lowest BCUT2D eigenvalue weighted by Crippen LogP contribution is -2.39. The molecule has 0 spiro atoms. The number of aryl methyl sites for hydroxylation is 1. The molecule has 0 heterocycles. The Bertz CT molecular complexity index is 864. The van der Waals surface area contributed by atoms with Gasteiger partial charge in [0.25, 0.3) is 0 Å². The summed E-state index contributed by atoms with van der Waals surface area (Å²) < 4.78 is 5.80. The van der Waals surface area contributed by atoms with E-state index in [0.29, 0.717) is 25.9 Å². The zero-order valence-electron chi connectivity index (χ0n) is 16.5. The van der Waals surface area contributed by atoms with Crippen molar-refractivity contribution in [3.05, 3.63) is 102 Å². The number of nitrogens with one attached hydrogen (secondary N) is 1. The van der Waals surface area contributed by atoms with Crippen LogP contribution in [0.2, 0.25) is 0 Å². The summed E-state index contributed by atoms with van der Waals surface area (Å²) in [5.41, 5.74) is 3.30. The molecule has 0 unspecified atom stereocenters. The van der Waals surface area contributed by atoms with Crippen molar-refractivity contribution < 1.29 is 14.6 Å². The first-order chi connectivity index (χ1) is 14.2. The SMILES string of the molecule is O=C(CCc1ccccc1)N[C@H](CO)Cc1ccc(OCc2ccccc2)cc1. The van der Waals surface area contributed by atoms with E-state index >= 15 is 0 Å². The van der Waals surface area contributed by atoms with Gasteiger partial charge in [0.2, 0.25) is 5.91 Å². The third-order valence-corrected chi connectivity index (χ3v) is 4.72. The molecule has 0 fully saturated rings. The van der Waals surface area contributed by atoms with Gasteiger partial charge in [0.05, 0.1) is 12.6 Å². The van der Waals surface area contributed by atoms with Crippen LogP contribution in [0.15, 0.2) is 84.9 Å². The fourth-order valence-electron chi connectivity index (χ4n) is 3.11. The number of hydrogen-bond acceptors (Lipinski definition) is 3. The van der Waals surface area contributed by atoms with Gasteiger partial charge in [-0.15, -0.1) is 0 Å². The summed E-state index contributed by atoms with van der Waals surface area (Å²) in [6, 6.07) is 27.4. The smallest absolute Gasteiger partial charge is 0.220 e. The fraction of sp³-hybridized carbons (Fsp3) is 0.240. The van der Waals surface area contributed by atoms with Crippen LogP contribution in [0.1, 0.15) is 23.1 Å². The van der Waals surface area contributed by atoms with Crippen LogP contribution in [0.5, 0.6) is 5.75 Å². The Hall–Kier alpha value is -3.11. The first kappa shape index (κ1) is 20.6. The highest BCUT2D eigenvalue weighted by molar-refractivity contribution is 5.76. The molecule has 0 bridgehead atoms. The van der Waals surface area contributed by atoms with Crippen molar-refractivity contribution in [3.8, 4) is 5.75 Å². The van der Waals surface area contributed by atoms with E-state index in [-0.39, 0.29) is 18.6 Å². The zero-order chi connectivity index (χ0) is 20.3. The van der Waals surface area contributed by atoms with Gasteiger partial charge in [-0.25, -0.2) is 0 Å². The molecule has 0 aliphatic rings. The molecule has 2 N–H and O–H groups in total. The summed E-state index contributed by atoms with van der Waals surface area (Å²) in [5.74, 6) is 0.751. The molecular formula is C25H27NO3. The van der Waals surface area contributed by atoms with E-state index in [2.05, 4.69) is 5.32 Å². The van der Waals surface area contributed by atoms with E-state index in [4.69, 9.17) is 4.74 Å². The fourth-order valence-corrected chi connectivity index (χ4v) is 3.11. The lowest BCUT2D eigenvalue weighted by molar-refractivity contribution is -0.122. The van der Waals surface area contributed by atoms with Gasteiger partial charge in [-0.3, -0.25) is 4.79 Å². The molecule has 1 amide bonds. The van der Waals surface area contributed by atoms with Gasteiger partial charge < -0.3 is 15.2 Å². The Labute approximate surface area is 172 Å². The van der Waals surface area contributed by atoms with E-state index in [9.17, 15) is 9.90 Å². The summed E-state index contributed by atoms with van der Waals surface area (Å²) in [5, 5.41) is 12.6. The second-order valence-electron chi connectivity index (χ2n) is 7.05. The lowest BCUT2D eigenvalue weighted by atomic mass is 10.1. The van der Waals surface area contributed by atoms with E-state index in [0.717, 1.165) is 22.4 Å². The maximum Gasteiger partial charge on any atom is 0.220 e. The Morgan fingerprint density at radius 3 is 2.07 bits per heavy atom. The molecule has 0 saturated carbocycles. The summed E-state index contributed by atoms with van der Waals surface area (Å²) in [6.07, 6.45) is 1.68. The second-order valence-corrected chi connectivity index (χ2v) is 7.05. The van der Waals surface area contributed by atoms with Gasteiger partial charge in [0.1, 0.15) is 12.4 Å². The van der Waals surface area contributed by atoms with Gasteiger partial charge in [-0.2, -0.15) is 0 Å². The highest BCUT2D eigenvalue weighted by Crippen LogP contribution is 2.15. The molecule has 1 atom stereocenters. The van der Waals surface area contributed by atoms with Crippen LogP contribution in [0.4, 0.5) is 0 Å². The molecule has 29 heavy (non-hydrogen) atoms. The van der Waals surface area contributed by atoms with Crippen LogP contribution in [-0.2, 0) is 24.2 Å². The minimum atomic E-state index is -0.297. The van der Waals surface area contributed by atoms with Crippen molar-refractivity contribution in [2.45, 2.75) is 31.9 Å². The van der Waals surface area contributed by atoms with Crippen LogP contribution < -0.4 is 10.1 Å². The highest BCUT2D eigenvalue weighted by atomic mass is 16.5. The number of amides is 1. The Kier molecular flexibility index (Phi) is 7.84. The minimum absolute atomic E-state index is 0.0456. The normalized spacial score (nSPS) is 11.6. The Morgan fingerprint density at radius 1 is 0.828 bits per heavy atom. The van der Waals surface area contributed by atoms with Crippen LogP contribution in [-0.4, -0.2) is 23.7 Å². The Morgan fingerprint density at radius 2 is 1.45 bits per heavy atom. The maximum atomic E-state index is 12.2. The molecule has 0 aliphatic carbocycles. The molecule has 4 nitrogen and oxygen atoms in total. The molecule has 4 heteroatoms. The van der Waals surface area contributed by atoms with E-state index in [1.165, 1.54) is 0 Å². The molecule has 0 aromatic heterocycles. The molecule has 3 aromatic rings. The predicted molar refractivity (Wildman–Crippen MR) is 115 cm³/mol. The third-order valence-electron chi connectivity index (χ3n) is 4.72. The molecule has 3 aromatic carbocycles.